The van der Waals surface area contributed by atoms with E-state index in [4.69, 9.17) is 10.2 Å². The minimum atomic E-state index is 0.292. The van der Waals surface area contributed by atoms with E-state index in [0.29, 0.717) is 22.7 Å². The highest BCUT2D eigenvalue weighted by Gasteiger charge is 2.18. The summed E-state index contributed by atoms with van der Waals surface area (Å²) >= 11 is 1.34. The Kier molecular flexibility index (Phi) is 3.10. The maximum atomic E-state index is 6.07. The first-order valence-corrected chi connectivity index (χ1v) is 6.11. The molecule has 0 amide bonds. The number of hydrogen-bond acceptors (Lipinski definition) is 6. The second-order valence-corrected chi connectivity index (χ2v) is 5.01. The van der Waals surface area contributed by atoms with Crippen molar-refractivity contribution in [3.05, 3.63) is 11.6 Å². The van der Waals surface area contributed by atoms with Gasteiger partial charge in [0.15, 0.2) is 0 Å². The third kappa shape index (κ3) is 2.28. The summed E-state index contributed by atoms with van der Waals surface area (Å²) in [6.45, 7) is 5.87. The number of nitrogens with two attached hydrogens (primary N) is 1. The molecule has 92 valence electrons. The van der Waals surface area contributed by atoms with E-state index in [1.165, 1.54) is 11.8 Å². The molecule has 0 saturated carbocycles. The fraction of sp³-hybridized carbons (Fsp3) is 0.500. The molecule has 0 saturated heterocycles. The fourth-order valence-corrected chi connectivity index (χ4v) is 2.29. The SMILES string of the molecule is Cc1nnc(Sc2c(N)c(C(C)C)nn2C)o1. The molecule has 7 heteroatoms. The summed E-state index contributed by atoms with van der Waals surface area (Å²) in [4.78, 5) is 0. The van der Waals surface area contributed by atoms with Crippen molar-refractivity contribution in [2.45, 2.75) is 36.9 Å². The fourth-order valence-electron chi connectivity index (χ4n) is 1.49. The van der Waals surface area contributed by atoms with Crippen molar-refractivity contribution in [1.82, 2.24) is 20.0 Å². The maximum Gasteiger partial charge on any atom is 0.282 e. The minimum Gasteiger partial charge on any atom is -0.416 e. The van der Waals surface area contributed by atoms with E-state index in [9.17, 15) is 0 Å². The summed E-state index contributed by atoms with van der Waals surface area (Å²) in [5.41, 5.74) is 7.64. The summed E-state index contributed by atoms with van der Waals surface area (Å²) in [7, 11) is 1.85. The quantitative estimate of drug-likeness (QED) is 0.900. The number of aryl methyl sites for hydroxylation is 2. The zero-order valence-electron chi connectivity index (χ0n) is 10.3. The lowest BCUT2D eigenvalue weighted by atomic mass is 10.1. The summed E-state index contributed by atoms with van der Waals surface area (Å²) < 4.78 is 7.06. The Bertz CT molecular complexity index is 531. The van der Waals surface area contributed by atoms with Crippen LogP contribution >= 0.6 is 11.8 Å². The number of nitrogen functional groups attached to an aromatic ring is 1. The smallest absolute Gasteiger partial charge is 0.282 e. The van der Waals surface area contributed by atoms with Gasteiger partial charge < -0.3 is 10.2 Å². The average Bonchev–Trinajstić information content (AvgIpc) is 2.77. The molecule has 0 spiro atoms. The number of rotatable bonds is 3. The molecule has 0 bridgehead atoms. The monoisotopic (exact) mass is 253 g/mol. The predicted molar refractivity (Wildman–Crippen MR) is 64.9 cm³/mol. The van der Waals surface area contributed by atoms with Crippen molar-refractivity contribution in [2.24, 2.45) is 7.05 Å². The highest BCUT2D eigenvalue weighted by Crippen LogP contribution is 2.34. The first kappa shape index (κ1) is 12.0. The van der Waals surface area contributed by atoms with Gasteiger partial charge in [0.1, 0.15) is 5.03 Å². The molecule has 17 heavy (non-hydrogen) atoms. The number of aromatic nitrogens is 4. The van der Waals surface area contributed by atoms with Crippen molar-refractivity contribution in [3.63, 3.8) is 0 Å². The Hall–Kier alpha value is -1.50. The van der Waals surface area contributed by atoms with Crippen LogP contribution < -0.4 is 5.73 Å². The topological polar surface area (TPSA) is 82.8 Å². The van der Waals surface area contributed by atoms with Crippen molar-refractivity contribution in [1.29, 1.82) is 0 Å². The molecule has 0 atom stereocenters. The van der Waals surface area contributed by atoms with Crippen LogP contribution in [-0.2, 0) is 7.05 Å². The largest absolute Gasteiger partial charge is 0.416 e. The van der Waals surface area contributed by atoms with Crippen molar-refractivity contribution in [2.75, 3.05) is 5.73 Å². The first-order valence-electron chi connectivity index (χ1n) is 5.29. The Balaban J connectivity index is 2.33. The van der Waals surface area contributed by atoms with Gasteiger partial charge in [-0.25, -0.2) is 0 Å². The van der Waals surface area contributed by atoms with Crippen molar-refractivity contribution < 1.29 is 4.42 Å². The van der Waals surface area contributed by atoms with Crippen LogP contribution in [0, 0.1) is 6.92 Å². The Morgan fingerprint density at radius 1 is 1.35 bits per heavy atom. The number of anilines is 1. The second kappa shape index (κ2) is 4.40. The van der Waals surface area contributed by atoms with Gasteiger partial charge in [0.25, 0.3) is 5.22 Å². The van der Waals surface area contributed by atoms with Crippen LogP contribution in [0.4, 0.5) is 5.69 Å². The molecule has 2 aromatic heterocycles. The van der Waals surface area contributed by atoms with Crippen molar-refractivity contribution >= 4 is 17.4 Å². The zero-order valence-corrected chi connectivity index (χ0v) is 11.1. The average molecular weight is 253 g/mol. The summed E-state index contributed by atoms with van der Waals surface area (Å²) in [6.07, 6.45) is 0. The van der Waals surface area contributed by atoms with E-state index in [1.54, 1.807) is 11.6 Å². The Morgan fingerprint density at radius 3 is 2.53 bits per heavy atom. The summed E-state index contributed by atoms with van der Waals surface area (Å²) in [5, 5.41) is 13.4. The van der Waals surface area contributed by atoms with Crippen LogP contribution in [0.2, 0.25) is 0 Å². The highest BCUT2D eigenvalue weighted by molar-refractivity contribution is 7.99. The van der Waals surface area contributed by atoms with Gasteiger partial charge in [0.05, 0.1) is 11.4 Å². The van der Waals surface area contributed by atoms with E-state index < -0.39 is 0 Å². The second-order valence-electron chi connectivity index (χ2n) is 4.07. The highest BCUT2D eigenvalue weighted by atomic mass is 32.2. The van der Waals surface area contributed by atoms with Gasteiger partial charge in [-0.3, -0.25) is 4.68 Å². The Labute approximate surface area is 104 Å². The van der Waals surface area contributed by atoms with Crippen LogP contribution in [0.1, 0.15) is 31.4 Å². The molecule has 2 rings (SSSR count). The van der Waals surface area contributed by atoms with Gasteiger partial charge in [0, 0.05) is 14.0 Å². The van der Waals surface area contributed by atoms with Crippen molar-refractivity contribution in [3.8, 4) is 0 Å². The number of nitrogens with zero attached hydrogens (tertiary/aromatic N) is 4. The molecule has 0 unspecified atom stereocenters. The first-order chi connectivity index (χ1) is 7.99. The van der Waals surface area contributed by atoms with Gasteiger partial charge in [0.2, 0.25) is 5.89 Å². The van der Waals surface area contributed by atoms with E-state index in [-0.39, 0.29) is 0 Å². The predicted octanol–water partition coefficient (Wildman–Crippen LogP) is 1.97. The van der Waals surface area contributed by atoms with Crippen LogP contribution in [0.25, 0.3) is 0 Å². The van der Waals surface area contributed by atoms with Gasteiger partial charge in [-0.2, -0.15) is 5.10 Å². The van der Waals surface area contributed by atoms with E-state index in [0.717, 1.165) is 10.7 Å². The van der Waals surface area contributed by atoms with E-state index >= 15 is 0 Å². The van der Waals surface area contributed by atoms with Gasteiger partial charge >= 0.3 is 0 Å². The maximum absolute atomic E-state index is 6.07. The zero-order chi connectivity index (χ0) is 12.6. The number of hydrogen-bond donors (Lipinski definition) is 1. The van der Waals surface area contributed by atoms with Crippen LogP contribution in [0.15, 0.2) is 14.7 Å². The normalized spacial score (nSPS) is 11.4. The van der Waals surface area contributed by atoms with E-state index in [2.05, 4.69) is 29.1 Å². The molecule has 0 aliphatic heterocycles. The van der Waals surface area contributed by atoms with E-state index in [1.807, 2.05) is 7.05 Å². The Morgan fingerprint density at radius 2 is 2.06 bits per heavy atom. The van der Waals surface area contributed by atoms with Gasteiger partial charge in [-0.1, -0.05) is 13.8 Å². The third-order valence-electron chi connectivity index (χ3n) is 2.30. The summed E-state index contributed by atoms with van der Waals surface area (Å²) in [5.74, 6) is 0.831. The molecule has 0 fully saturated rings. The molecule has 2 heterocycles. The molecule has 2 aromatic rings. The molecular formula is C10H15N5OS. The van der Waals surface area contributed by atoms with Crippen LogP contribution in [0.3, 0.4) is 0 Å². The molecule has 2 N–H and O–H groups in total. The lowest BCUT2D eigenvalue weighted by molar-refractivity contribution is 0.428. The lowest BCUT2D eigenvalue weighted by Gasteiger charge is -2.00. The lowest BCUT2D eigenvalue weighted by Crippen LogP contribution is -1.94. The molecular weight excluding hydrogens is 238 g/mol. The molecule has 0 aromatic carbocycles. The molecule has 0 radical (unpaired) electrons. The molecule has 0 aliphatic rings. The van der Waals surface area contributed by atoms with Crippen LogP contribution in [0.5, 0.6) is 0 Å². The minimum absolute atomic E-state index is 0.292. The molecule has 6 nitrogen and oxygen atoms in total. The third-order valence-corrected chi connectivity index (χ3v) is 3.31. The van der Waals surface area contributed by atoms with Gasteiger partial charge in [-0.15, -0.1) is 10.2 Å². The standard InChI is InChI=1S/C10H15N5OS/c1-5(2)8-7(11)9(15(4)14-8)17-10-13-12-6(3)16-10/h5H,11H2,1-4H3. The van der Waals surface area contributed by atoms with Crippen LogP contribution in [-0.4, -0.2) is 20.0 Å². The summed E-state index contributed by atoms with van der Waals surface area (Å²) in [6, 6.07) is 0. The van der Waals surface area contributed by atoms with Gasteiger partial charge in [-0.05, 0) is 17.7 Å². The molecule has 0 aliphatic carbocycles.